The van der Waals surface area contributed by atoms with E-state index in [1.807, 2.05) is 48.5 Å². The van der Waals surface area contributed by atoms with Gasteiger partial charge in [-0.2, -0.15) is 0 Å². The van der Waals surface area contributed by atoms with Crippen LogP contribution in [-0.4, -0.2) is 44.1 Å². The second-order valence-corrected chi connectivity index (χ2v) is 54.7. The summed E-state index contributed by atoms with van der Waals surface area (Å²) in [6.45, 7) is 88.8. The Labute approximate surface area is 807 Å². The summed E-state index contributed by atoms with van der Waals surface area (Å²) in [7, 11) is 3.44. The Balaban J connectivity index is 0.000000160. The largest absolute Gasteiger partial charge is 0.496 e. The van der Waals surface area contributed by atoms with Gasteiger partial charge in [-0.25, -0.2) is 0 Å². The number of fused-ring (bicyclic) bond motifs is 10. The van der Waals surface area contributed by atoms with Crippen LogP contribution < -0.4 is 33.2 Å². The molecule has 0 aliphatic heterocycles. The zero-order valence-electron chi connectivity index (χ0n) is 91.0. The van der Waals surface area contributed by atoms with Crippen LogP contribution in [-0.2, 0) is 24.0 Å². The molecule has 0 aromatic heterocycles. The van der Waals surface area contributed by atoms with E-state index in [9.17, 15) is 24.0 Å². The third-order valence-corrected chi connectivity index (χ3v) is 34.7. The van der Waals surface area contributed by atoms with Crippen LogP contribution in [0, 0.1) is 200 Å². The summed E-state index contributed by atoms with van der Waals surface area (Å²) in [6, 6.07) is 28.4. The molecule has 738 valence electrons. The molecule has 5 aromatic carbocycles. The van der Waals surface area contributed by atoms with Crippen LogP contribution >= 0.6 is 0 Å². The molecule has 10 aliphatic rings. The van der Waals surface area contributed by atoms with Crippen LogP contribution in [0.5, 0.6) is 40.2 Å². The molecule has 0 N–H and O–H groups in total. The minimum atomic E-state index is -0.300. The van der Waals surface area contributed by atoms with E-state index >= 15 is 0 Å². The number of rotatable bonds is 12. The molecule has 10 aliphatic carbocycles. The first-order chi connectivity index (χ1) is 60.9. The standard InChI is InChI=1S/C25H38O3.C25H38O2.C24H36O3.C24H36O2.C23H34O2/c1-14-10-17(28-15(2)26)13-20(27-9)21(14)18-11-16-12-19(18)23(25(6,7)8)22(16)24(3,4)5;1-14-10-18(27-16(3)26)11-15(2)21(14)19-12-17-13-20(19)23(25(7,8)9)22(17)24(4,5)6;1-14(25)27-16-9-10-17(20(13-16)26-8)18-11-15-12-19(18)22(24(5,6)7)21(15)23(2,3)4;1-14-11-17(26-15(2)25)9-10-18(14)19-12-16-13-20(19)22(24(6,7)8)21(16)23(3,4)5;1-14(24)25-17-10-8-15(9-11-17)18-12-16-13-19(18)21(23(5,6)7)20(16)22(2,3)4/h10,13,16,18-19,22-23H,11-12H2,1-9H3;10-11,17,19-20,22-23H,12-13H2,1-9H3;9-10,13,15,18-19,21-22H,11-12H2,1-8H3;9-11,16,19-22H,12-13H2,1-8H3;8-11,16,18-21H,12-13H2,1-7H3. The Morgan fingerprint density at radius 1 is 0.233 bits per heavy atom. The van der Waals surface area contributed by atoms with Crippen molar-refractivity contribution in [3.63, 3.8) is 0 Å². The predicted octanol–water partition coefficient (Wildman–Crippen LogP) is 31.6. The van der Waals surface area contributed by atoms with Gasteiger partial charge in [0.2, 0.25) is 0 Å². The Morgan fingerprint density at radius 3 is 0.767 bits per heavy atom. The molecule has 25 atom stereocenters. The number of carbonyl (C=O) groups is 5. The number of carbonyl (C=O) groups excluding carboxylic acids is 5. The molecule has 10 bridgehead atoms. The average Bonchev–Trinajstić information content (AvgIpc) is 1.56. The maximum atomic E-state index is 11.4. The molecule has 12 nitrogen and oxygen atoms in total. The van der Waals surface area contributed by atoms with Crippen LogP contribution in [0.25, 0.3) is 0 Å². The van der Waals surface area contributed by atoms with Crippen LogP contribution in [0.15, 0.2) is 84.9 Å². The molecule has 5 aromatic rings. The fraction of sp³-hybridized carbons (Fsp3) is 0.711. The second-order valence-electron chi connectivity index (χ2n) is 54.7. The van der Waals surface area contributed by atoms with Gasteiger partial charge in [0.15, 0.2) is 0 Å². The van der Waals surface area contributed by atoms with E-state index in [1.54, 1.807) is 14.2 Å². The first-order valence-corrected chi connectivity index (χ1v) is 51.6. The summed E-state index contributed by atoms with van der Waals surface area (Å²) in [6.07, 6.45) is 13.2. The quantitative estimate of drug-likeness (QED) is 0.0864. The van der Waals surface area contributed by atoms with Crippen molar-refractivity contribution < 1.29 is 57.1 Å². The minimum absolute atomic E-state index is 0.248. The Kier molecular flexibility index (Phi) is 31.2. The number of ether oxygens (including phenoxy) is 7. The van der Waals surface area contributed by atoms with Gasteiger partial charge in [-0.05, 0) is 387 Å². The highest BCUT2D eigenvalue weighted by atomic mass is 16.6. The highest BCUT2D eigenvalue weighted by molar-refractivity contribution is 5.72. The van der Waals surface area contributed by atoms with Crippen molar-refractivity contribution in [2.45, 2.75) is 364 Å². The molecule has 0 saturated heterocycles. The summed E-state index contributed by atoms with van der Waals surface area (Å²) < 4.78 is 37.9. The fourth-order valence-electron chi connectivity index (χ4n) is 32.5. The van der Waals surface area contributed by atoms with Crippen molar-refractivity contribution in [3.05, 3.63) is 135 Å². The van der Waals surface area contributed by atoms with Crippen LogP contribution in [0.4, 0.5) is 0 Å². The average molecular weight is 1830 g/mol. The molecule has 10 saturated carbocycles. The molecule has 0 heterocycles. The van der Waals surface area contributed by atoms with Gasteiger partial charge in [-0.1, -0.05) is 232 Å². The van der Waals surface area contributed by atoms with Crippen molar-refractivity contribution in [1.29, 1.82) is 0 Å². The van der Waals surface area contributed by atoms with E-state index in [-0.39, 0.29) is 35.3 Å². The Bertz CT molecular complexity index is 4920. The lowest BCUT2D eigenvalue weighted by molar-refractivity contribution is -0.132. The molecule has 10 fully saturated rings. The lowest BCUT2D eigenvalue weighted by Gasteiger charge is -2.49. The molecule has 0 spiro atoms. The van der Waals surface area contributed by atoms with E-state index in [0.29, 0.717) is 131 Å². The van der Waals surface area contributed by atoms with Gasteiger partial charge in [-0.15, -0.1) is 0 Å². The zero-order chi connectivity index (χ0) is 99.5. The smallest absolute Gasteiger partial charge is 0.308 e. The van der Waals surface area contributed by atoms with Gasteiger partial charge in [0.1, 0.15) is 40.2 Å². The highest BCUT2D eigenvalue weighted by Crippen LogP contribution is 2.73. The van der Waals surface area contributed by atoms with Crippen molar-refractivity contribution in [1.82, 2.24) is 0 Å². The number of esters is 5. The third-order valence-electron chi connectivity index (χ3n) is 34.7. The second kappa shape index (κ2) is 39.0. The third kappa shape index (κ3) is 23.3. The van der Waals surface area contributed by atoms with E-state index in [0.717, 1.165) is 106 Å². The van der Waals surface area contributed by atoms with Gasteiger partial charge in [0.25, 0.3) is 0 Å². The van der Waals surface area contributed by atoms with Crippen molar-refractivity contribution >= 4 is 29.8 Å². The molecule has 15 rings (SSSR count). The van der Waals surface area contributed by atoms with Crippen molar-refractivity contribution in [2.24, 2.45) is 173 Å². The predicted molar refractivity (Wildman–Crippen MR) is 545 cm³/mol. The number of hydrogen-bond acceptors (Lipinski definition) is 12. The Hall–Kier alpha value is -6.95. The van der Waals surface area contributed by atoms with Crippen molar-refractivity contribution in [3.8, 4) is 40.2 Å². The van der Waals surface area contributed by atoms with E-state index in [2.05, 4.69) is 272 Å². The molecule has 133 heavy (non-hydrogen) atoms. The number of hydrogen-bond donors (Lipinski definition) is 0. The normalized spacial score (nSPS) is 30.8. The first-order valence-electron chi connectivity index (χ1n) is 51.6. The summed E-state index contributed by atoms with van der Waals surface area (Å²) in [5.74, 6) is 21.9. The van der Waals surface area contributed by atoms with Crippen LogP contribution in [0.1, 0.15) is 386 Å². The number of benzene rings is 5. The Morgan fingerprint density at radius 2 is 0.459 bits per heavy atom. The maximum Gasteiger partial charge on any atom is 0.308 e. The minimum Gasteiger partial charge on any atom is -0.496 e. The summed E-state index contributed by atoms with van der Waals surface area (Å²) in [5, 5.41) is 0. The molecule has 0 amide bonds. The monoisotopic (exact) mass is 1830 g/mol. The van der Waals surface area contributed by atoms with Crippen molar-refractivity contribution in [2.75, 3.05) is 14.2 Å². The van der Waals surface area contributed by atoms with Gasteiger partial charge >= 0.3 is 29.8 Å². The number of aryl methyl sites for hydroxylation is 4. The van der Waals surface area contributed by atoms with Gasteiger partial charge < -0.3 is 33.2 Å². The summed E-state index contributed by atoms with van der Waals surface area (Å²) in [4.78, 5) is 56.4. The van der Waals surface area contributed by atoms with E-state index in [4.69, 9.17) is 33.2 Å². The SMILES string of the molecule is CC(=O)Oc1cc(C)c(C2CC3CC2C(C(C)(C)C)C3C(C)(C)C)c(C)c1.CC(=O)Oc1ccc(C2CC3CC2C(C(C)(C)C)C3C(C)(C)C)c(C)c1.CC(=O)Oc1ccc(C2CC3CC2C(C(C)(C)C)C3C(C)(C)C)cc1.COc1cc(OC(C)=O)cc(C)c1C1CC2CC1C(C(C)(C)C)C2C(C)(C)C.COc1cc(OC(C)=O)ccc1C1CC2CC1C(C(C)(C)C)C2C(C)(C)C. The summed E-state index contributed by atoms with van der Waals surface area (Å²) >= 11 is 0. The summed E-state index contributed by atoms with van der Waals surface area (Å²) in [5.41, 5.74) is 15.4. The van der Waals surface area contributed by atoms with Gasteiger partial charge in [0, 0.05) is 52.3 Å². The van der Waals surface area contributed by atoms with Gasteiger partial charge in [-0.3, -0.25) is 24.0 Å². The molecular formula is C121H182O12. The van der Waals surface area contributed by atoms with E-state index < -0.39 is 0 Å². The van der Waals surface area contributed by atoms with Crippen LogP contribution in [0.3, 0.4) is 0 Å². The molecular weight excluding hydrogens is 1650 g/mol. The zero-order valence-corrected chi connectivity index (χ0v) is 91.0. The molecule has 25 unspecified atom stereocenters. The number of methoxy groups -OCH3 is 2. The first kappa shape index (κ1) is 106. The van der Waals surface area contributed by atoms with Gasteiger partial charge in [0.05, 0.1) is 14.2 Å². The maximum absolute atomic E-state index is 11.4. The lowest BCUT2D eigenvalue weighted by Crippen LogP contribution is -2.42. The highest BCUT2D eigenvalue weighted by Gasteiger charge is 2.65. The molecule has 12 heteroatoms. The lowest BCUT2D eigenvalue weighted by atomic mass is 9.56. The topological polar surface area (TPSA) is 150 Å². The van der Waals surface area contributed by atoms with Crippen LogP contribution in [0.2, 0.25) is 0 Å². The molecule has 0 radical (unpaired) electrons. The van der Waals surface area contributed by atoms with E-state index in [1.165, 1.54) is 149 Å². The fourth-order valence-corrected chi connectivity index (χ4v) is 32.5.